The van der Waals surface area contributed by atoms with Crippen molar-refractivity contribution < 1.29 is 9.90 Å². The Balaban J connectivity index is 2.97. The van der Waals surface area contributed by atoms with Crippen molar-refractivity contribution in [2.45, 2.75) is 6.42 Å². The Labute approximate surface area is 81.8 Å². The summed E-state index contributed by atoms with van der Waals surface area (Å²) in [5.74, 6) is 4.82. The summed E-state index contributed by atoms with van der Waals surface area (Å²) >= 11 is 0. The molecular weight excluding hydrogens is 180 g/mol. The van der Waals surface area contributed by atoms with E-state index in [2.05, 4.69) is 16.8 Å². The molecule has 4 heteroatoms. The topological polar surface area (TPSA) is 76.2 Å². The summed E-state index contributed by atoms with van der Waals surface area (Å²) in [7, 11) is 0. The van der Waals surface area contributed by atoms with Gasteiger partial charge < -0.3 is 10.8 Å². The van der Waals surface area contributed by atoms with Crippen LogP contribution in [0.4, 0.5) is 0 Å². The van der Waals surface area contributed by atoms with Crippen molar-refractivity contribution in [3.8, 4) is 11.8 Å². The van der Waals surface area contributed by atoms with Gasteiger partial charge in [0.2, 0.25) is 0 Å². The lowest BCUT2D eigenvalue weighted by molar-refractivity contribution is 0.0995. The van der Waals surface area contributed by atoms with Crippen molar-refractivity contribution in [3.63, 3.8) is 0 Å². The van der Waals surface area contributed by atoms with Crippen molar-refractivity contribution >= 4 is 5.91 Å². The Hall–Kier alpha value is -1.86. The molecule has 0 spiro atoms. The number of hydrogen-bond donors (Lipinski definition) is 2. The van der Waals surface area contributed by atoms with E-state index in [0.29, 0.717) is 12.0 Å². The molecule has 0 aliphatic rings. The van der Waals surface area contributed by atoms with Crippen LogP contribution in [0, 0.1) is 11.8 Å². The first-order valence-electron chi connectivity index (χ1n) is 4.10. The molecule has 1 aromatic rings. The summed E-state index contributed by atoms with van der Waals surface area (Å²) in [5, 5.41) is 8.51. The highest BCUT2D eigenvalue weighted by molar-refractivity contribution is 5.93. The molecule has 0 saturated heterocycles. The number of rotatable bonds is 2. The summed E-state index contributed by atoms with van der Waals surface area (Å²) < 4.78 is 0. The second kappa shape index (κ2) is 5.00. The van der Waals surface area contributed by atoms with Crippen LogP contribution in [0.15, 0.2) is 18.3 Å². The van der Waals surface area contributed by atoms with E-state index in [0.717, 1.165) is 0 Å². The third-order valence-electron chi connectivity index (χ3n) is 1.50. The molecule has 1 heterocycles. The summed E-state index contributed by atoms with van der Waals surface area (Å²) in [6.07, 6.45) is 1.85. The van der Waals surface area contributed by atoms with Crippen LogP contribution in [0.2, 0.25) is 0 Å². The largest absolute Gasteiger partial charge is 0.395 e. The molecule has 72 valence electrons. The number of aliphatic hydroxyl groups is 1. The molecule has 0 unspecified atom stereocenters. The van der Waals surface area contributed by atoms with Crippen LogP contribution in [-0.4, -0.2) is 22.6 Å². The van der Waals surface area contributed by atoms with E-state index in [9.17, 15) is 4.79 Å². The van der Waals surface area contributed by atoms with Gasteiger partial charge in [0, 0.05) is 12.6 Å². The fraction of sp³-hybridized carbons (Fsp3) is 0.200. The average Bonchev–Trinajstić information content (AvgIpc) is 2.19. The Morgan fingerprint density at radius 1 is 1.64 bits per heavy atom. The van der Waals surface area contributed by atoms with Crippen LogP contribution in [0.1, 0.15) is 22.5 Å². The van der Waals surface area contributed by atoms with Crippen LogP contribution < -0.4 is 5.73 Å². The highest BCUT2D eigenvalue weighted by Crippen LogP contribution is 2.02. The maximum atomic E-state index is 10.9. The molecule has 0 radical (unpaired) electrons. The number of pyridine rings is 1. The SMILES string of the molecule is NC(=O)c1ncccc1C#CCCO. The molecule has 0 aromatic carbocycles. The van der Waals surface area contributed by atoms with E-state index >= 15 is 0 Å². The van der Waals surface area contributed by atoms with Gasteiger partial charge in [-0.15, -0.1) is 0 Å². The van der Waals surface area contributed by atoms with E-state index in [4.69, 9.17) is 10.8 Å². The van der Waals surface area contributed by atoms with Crippen molar-refractivity contribution in [2.75, 3.05) is 6.61 Å². The van der Waals surface area contributed by atoms with Crippen molar-refractivity contribution in [1.82, 2.24) is 4.98 Å². The van der Waals surface area contributed by atoms with Gasteiger partial charge in [0.1, 0.15) is 5.69 Å². The number of hydrogen-bond acceptors (Lipinski definition) is 3. The van der Waals surface area contributed by atoms with Crippen molar-refractivity contribution in [3.05, 3.63) is 29.6 Å². The fourth-order valence-corrected chi connectivity index (χ4v) is 0.916. The van der Waals surface area contributed by atoms with Gasteiger partial charge in [-0.1, -0.05) is 11.8 Å². The predicted molar refractivity (Wildman–Crippen MR) is 51.3 cm³/mol. The molecule has 3 N–H and O–H groups in total. The first-order chi connectivity index (χ1) is 6.75. The van der Waals surface area contributed by atoms with Crippen molar-refractivity contribution in [1.29, 1.82) is 0 Å². The number of carbonyl (C=O) groups excluding carboxylic acids is 1. The van der Waals surface area contributed by atoms with Crippen LogP contribution in [0.5, 0.6) is 0 Å². The van der Waals surface area contributed by atoms with Gasteiger partial charge in [-0.3, -0.25) is 4.79 Å². The summed E-state index contributed by atoms with van der Waals surface area (Å²) in [6.45, 7) is -0.000826. The molecule has 1 amide bonds. The van der Waals surface area contributed by atoms with E-state index in [1.807, 2.05) is 0 Å². The molecule has 0 aliphatic heterocycles. The molecule has 0 fully saturated rings. The molecule has 14 heavy (non-hydrogen) atoms. The minimum atomic E-state index is -0.598. The highest BCUT2D eigenvalue weighted by Gasteiger charge is 2.05. The van der Waals surface area contributed by atoms with Gasteiger partial charge in [0.05, 0.1) is 12.2 Å². The summed E-state index contributed by atoms with van der Waals surface area (Å²) in [5.41, 5.74) is 5.76. The third kappa shape index (κ3) is 2.57. The minimum absolute atomic E-state index is 0.000826. The second-order valence-corrected chi connectivity index (χ2v) is 2.54. The first kappa shape index (κ1) is 10.2. The zero-order chi connectivity index (χ0) is 10.4. The Morgan fingerprint density at radius 3 is 3.07 bits per heavy atom. The smallest absolute Gasteiger partial charge is 0.268 e. The van der Waals surface area contributed by atoms with Crippen LogP contribution in [0.25, 0.3) is 0 Å². The average molecular weight is 190 g/mol. The fourth-order valence-electron chi connectivity index (χ4n) is 0.916. The van der Waals surface area contributed by atoms with Gasteiger partial charge in [0.25, 0.3) is 5.91 Å². The van der Waals surface area contributed by atoms with Gasteiger partial charge in [-0.25, -0.2) is 4.98 Å². The quantitative estimate of drug-likeness (QED) is 0.640. The number of nitrogens with zero attached hydrogens (tertiary/aromatic N) is 1. The third-order valence-corrected chi connectivity index (χ3v) is 1.50. The highest BCUT2D eigenvalue weighted by atomic mass is 16.2. The van der Waals surface area contributed by atoms with E-state index in [1.165, 1.54) is 6.20 Å². The summed E-state index contributed by atoms with van der Waals surface area (Å²) in [4.78, 5) is 14.7. The second-order valence-electron chi connectivity index (χ2n) is 2.54. The molecule has 1 rings (SSSR count). The van der Waals surface area contributed by atoms with Crippen LogP contribution in [0.3, 0.4) is 0 Å². The molecule has 0 bridgehead atoms. The van der Waals surface area contributed by atoms with Gasteiger partial charge in [0.15, 0.2) is 0 Å². The van der Waals surface area contributed by atoms with Gasteiger partial charge in [-0.05, 0) is 12.1 Å². The molecule has 0 saturated carbocycles. The standard InChI is InChI=1S/C10H10N2O2/c11-10(14)9-8(4-1-2-7-13)5-3-6-12-9/h3,5-6,13H,2,7H2,(H2,11,14). The number of aliphatic hydroxyl groups excluding tert-OH is 1. The molecule has 0 atom stereocenters. The minimum Gasteiger partial charge on any atom is -0.395 e. The zero-order valence-electron chi connectivity index (χ0n) is 7.53. The Bertz CT molecular complexity index is 391. The zero-order valence-corrected chi connectivity index (χ0v) is 7.53. The van der Waals surface area contributed by atoms with Crippen LogP contribution >= 0.6 is 0 Å². The molecule has 0 aliphatic carbocycles. The molecular formula is C10H10N2O2. The first-order valence-corrected chi connectivity index (χ1v) is 4.10. The Kier molecular flexibility index (Phi) is 3.65. The monoisotopic (exact) mass is 190 g/mol. The molecule has 4 nitrogen and oxygen atoms in total. The van der Waals surface area contributed by atoms with Gasteiger partial charge in [-0.2, -0.15) is 0 Å². The lowest BCUT2D eigenvalue weighted by Crippen LogP contribution is -2.14. The number of primary amides is 1. The van der Waals surface area contributed by atoms with Crippen molar-refractivity contribution in [2.24, 2.45) is 5.73 Å². The maximum Gasteiger partial charge on any atom is 0.268 e. The van der Waals surface area contributed by atoms with Gasteiger partial charge >= 0.3 is 0 Å². The maximum absolute atomic E-state index is 10.9. The molecule has 1 aromatic heterocycles. The van der Waals surface area contributed by atoms with E-state index in [1.54, 1.807) is 12.1 Å². The lowest BCUT2D eigenvalue weighted by Gasteiger charge is -1.96. The van der Waals surface area contributed by atoms with Crippen LogP contribution in [-0.2, 0) is 0 Å². The Morgan fingerprint density at radius 2 is 2.43 bits per heavy atom. The predicted octanol–water partition coefficient (Wildman–Crippen LogP) is -0.0856. The summed E-state index contributed by atoms with van der Waals surface area (Å²) in [6, 6.07) is 3.34. The number of carbonyl (C=O) groups is 1. The lowest BCUT2D eigenvalue weighted by atomic mass is 10.2. The number of aromatic nitrogens is 1. The van der Waals surface area contributed by atoms with E-state index < -0.39 is 5.91 Å². The number of nitrogens with two attached hydrogens (primary N) is 1. The normalized spacial score (nSPS) is 8.93. The number of amides is 1. The van der Waals surface area contributed by atoms with E-state index in [-0.39, 0.29) is 12.3 Å².